The lowest BCUT2D eigenvalue weighted by Gasteiger charge is -2.27. The van der Waals surface area contributed by atoms with Gasteiger partial charge in [-0.3, -0.25) is 9.59 Å². The van der Waals surface area contributed by atoms with Crippen LogP contribution in [0.25, 0.3) is 10.8 Å². The predicted octanol–water partition coefficient (Wildman–Crippen LogP) is 1.51. The van der Waals surface area contributed by atoms with Crippen LogP contribution in [0.2, 0.25) is 0 Å². The van der Waals surface area contributed by atoms with Crippen LogP contribution in [0.1, 0.15) is 53.5 Å². The summed E-state index contributed by atoms with van der Waals surface area (Å²) in [7, 11) is 0. The first-order valence-corrected chi connectivity index (χ1v) is 9.58. The molecule has 7 heteroatoms. The van der Waals surface area contributed by atoms with Crippen molar-refractivity contribution in [3.63, 3.8) is 0 Å². The number of carboxylic acid groups (broad SMARTS) is 1. The molecule has 1 amide bonds. The Balaban J connectivity index is 1.68. The van der Waals surface area contributed by atoms with E-state index in [0.29, 0.717) is 0 Å². The maximum Gasteiger partial charge on any atom is 0.275 e. The zero-order valence-corrected chi connectivity index (χ0v) is 15.9. The highest BCUT2D eigenvalue weighted by Crippen LogP contribution is 2.29. The molecule has 1 aliphatic carbocycles. The van der Waals surface area contributed by atoms with Crippen molar-refractivity contribution in [3.05, 3.63) is 75.7 Å². The summed E-state index contributed by atoms with van der Waals surface area (Å²) in [4.78, 5) is 37.3. The number of nitrogens with one attached hydrogen (secondary N) is 1. The van der Waals surface area contributed by atoms with Crippen molar-refractivity contribution in [2.75, 3.05) is 0 Å². The van der Waals surface area contributed by atoms with Gasteiger partial charge in [-0.2, -0.15) is 5.10 Å². The Morgan fingerprint density at radius 1 is 1.14 bits per heavy atom. The van der Waals surface area contributed by atoms with E-state index < -0.39 is 17.6 Å². The monoisotopic (exact) mass is 390 g/mol. The Labute approximate surface area is 167 Å². The number of aromatic nitrogens is 2. The van der Waals surface area contributed by atoms with Gasteiger partial charge in [0.2, 0.25) is 5.91 Å². The van der Waals surface area contributed by atoms with Crippen molar-refractivity contribution < 1.29 is 14.7 Å². The Morgan fingerprint density at radius 2 is 1.83 bits per heavy atom. The molecule has 1 N–H and O–H groups in total. The van der Waals surface area contributed by atoms with Gasteiger partial charge in [0.05, 0.1) is 17.4 Å². The molecule has 0 fully saturated rings. The number of carboxylic acids is 1. The van der Waals surface area contributed by atoms with Gasteiger partial charge in [0, 0.05) is 5.39 Å². The van der Waals surface area contributed by atoms with Gasteiger partial charge in [-0.25, -0.2) is 4.68 Å². The first kappa shape index (κ1) is 18.9. The molecular formula is C22H20N3O4-. The molecule has 0 saturated carbocycles. The molecule has 7 nitrogen and oxygen atoms in total. The lowest BCUT2D eigenvalue weighted by molar-refractivity contribution is -0.255. The second kappa shape index (κ2) is 7.50. The van der Waals surface area contributed by atoms with Crippen LogP contribution < -0.4 is 16.0 Å². The number of nitrogens with zero attached hydrogens (tertiary/aromatic N) is 2. The van der Waals surface area contributed by atoms with Crippen LogP contribution in [0, 0.1) is 0 Å². The number of amides is 1. The molecular weight excluding hydrogens is 370 g/mol. The predicted molar refractivity (Wildman–Crippen MR) is 105 cm³/mol. The van der Waals surface area contributed by atoms with Crippen LogP contribution in [-0.2, 0) is 11.2 Å². The Hall–Kier alpha value is -3.48. The lowest BCUT2D eigenvalue weighted by Crippen LogP contribution is -2.40. The molecule has 0 radical (unpaired) electrons. The van der Waals surface area contributed by atoms with Gasteiger partial charge in [0.1, 0.15) is 11.7 Å². The van der Waals surface area contributed by atoms with Crippen molar-refractivity contribution in [1.29, 1.82) is 0 Å². The van der Waals surface area contributed by atoms with E-state index in [2.05, 4.69) is 16.5 Å². The third-order valence-electron chi connectivity index (χ3n) is 5.45. The second-order valence-corrected chi connectivity index (χ2v) is 7.26. The average molecular weight is 390 g/mol. The van der Waals surface area contributed by atoms with E-state index in [4.69, 9.17) is 0 Å². The third-order valence-corrected chi connectivity index (χ3v) is 5.45. The molecule has 1 aromatic heterocycles. The van der Waals surface area contributed by atoms with Gasteiger partial charge in [0.15, 0.2) is 0 Å². The van der Waals surface area contributed by atoms with Gasteiger partial charge in [-0.1, -0.05) is 42.5 Å². The number of fused-ring (bicyclic) bond motifs is 2. The van der Waals surface area contributed by atoms with Gasteiger partial charge >= 0.3 is 0 Å². The van der Waals surface area contributed by atoms with Crippen LogP contribution in [0.4, 0.5) is 0 Å². The zero-order chi connectivity index (χ0) is 20.5. The molecule has 0 bridgehead atoms. The Morgan fingerprint density at radius 3 is 2.59 bits per heavy atom. The summed E-state index contributed by atoms with van der Waals surface area (Å²) in [6.45, 7) is 1.53. The molecule has 148 valence electrons. The number of carbonyl (C=O) groups is 2. The van der Waals surface area contributed by atoms with Crippen molar-refractivity contribution in [1.82, 2.24) is 15.1 Å². The number of aryl methyl sites for hydroxylation is 1. The largest absolute Gasteiger partial charge is 0.543 e. The minimum Gasteiger partial charge on any atom is -0.543 e. The fraction of sp³-hybridized carbons (Fsp3) is 0.273. The molecule has 4 rings (SSSR count). The molecule has 1 aliphatic rings. The van der Waals surface area contributed by atoms with Crippen LogP contribution >= 0.6 is 0 Å². The topological polar surface area (TPSA) is 104 Å². The smallest absolute Gasteiger partial charge is 0.275 e. The highest BCUT2D eigenvalue weighted by atomic mass is 16.4. The van der Waals surface area contributed by atoms with E-state index in [-0.39, 0.29) is 28.4 Å². The quantitative estimate of drug-likeness (QED) is 0.727. The lowest BCUT2D eigenvalue weighted by atomic mass is 9.87. The summed E-state index contributed by atoms with van der Waals surface area (Å²) in [6.07, 6.45) is 2.73. The standard InChI is InChI=1S/C22H21N3O4/c1-13(20(26)23-18-12-6-8-14-7-2-3-9-15(14)18)25-21(27)17-11-5-4-10-16(17)19(24-25)22(28)29/h2-5,7,9-11,13,18H,6,8,12H2,1H3,(H,23,26)(H,28,29)/p-1/t13-,18+/m1/s1. The van der Waals surface area contributed by atoms with E-state index in [9.17, 15) is 19.5 Å². The van der Waals surface area contributed by atoms with E-state index >= 15 is 0 Å². The number of aromatic carboxylic acids is 1. The van der Waals surface area contributed by atoms with Crippen LogP contribution in [0.5, 0.6) is 0 Å². The molecule has 1 heterocycles. The summed E-state index contributed by atoms with van der Waals surface area (Å²) in [6, 6.07) is 13.1. The molecule has 2 atom stereocenters. The SMILES string of the molecule is C[C@H](C(=O)N[C@H]1CCCc2ccccc21)n1nc(C(=O)[O-])c2ccccc2c1=O. The second-order valence-electron chi connectivity index (χ2n) is 7.26. The van der Waals surface area contributed by atoms with Crippen molar-refractivity contribution >= 4 is 22.6 Å². The molecule has 2 aromatic carbocycles. The van der Waals surface area contributed by atoms with Crippen molar-refractivity contribution in [2.45, 2.75) is 38.3 Å². The molecule has 0 unspecified atom stereocenters. The van der Waals surface area contributed by atoms with Gasteiger partial charge < -0.3 is 15.2 Å². The number of hydrogen-bond acceptors (Lipinski definition) is 5. The van der Waals surface area contributed by atoms with Gasteiger partial charge in [0.25, 0.3) is 5.56 Å². The summed E-state index contributed by atoms with van der Waals surface area (Å²) in [5.41, 5.74) is 1.41. The highest BCUT2D eigenvalue weighted by molar-refractivity contribution is 6.00. The minimum atomic E-state index is -1.50. The summed E-state index contributed by atoms with van der Waals surface area (Å²) in [5, 5.41) is 18.9. The molecule has 0 aliphatic heterocycles. The van der Waals surface area contributed by atoms with E-state index in [1.165, 1.54) is 24.6 Å². The molecule has 0 spiro atoms. The highest BCUT2D eigenvalue weighted by Gasteiger charge is 2.26. The van der Waals surface area contributed by atoms with Crippen LogP contribution in [-0.4, -0.2) is 21.7 Å². The normalized spacial score (nSPS) is 16.8. The van der Waals surface area contributed by atoms with Gasteiger partial charge in [-0.15, -0.1) is 0 Å². The van der Waals surface area contributed by atoms with Crippen LogP contribution in [0.15, 0.2) is 53.3 Å². The first-order chi connectivity index (χ1) is 14.0. The molecule has 29 heavy (non-hydrogen) atoms. The minimum absolute atomic E-state index is 0.147. The summed E-state index contributed by atoms with van der Waals surface area (Å²) >= 11 is 0. The molecule has 0 saturated heterocycles. The third kappa shape index (κ3) is 3.40. The Kier molecular flexibility index (Phi) is 4.88. The number of benzene rings is 2. The number of carbonyl (C=O) groups excluding carboxylic acids is 2. The molecule has 3 aromatic rings. The zero-order valence-electron chi connectivity index (χ0n) is 15.9. The summed E-state index contributed by atoms with van der Waals surface area (Å²) in [5.74, 6) is -1.88. The van der Waals surface area contributed by atoms with E-state index in [0.717, 1.165) is 29.5 Å². The average Bonchev–Trinajstić information content (AvgIpc) is 2.73. The first-order valence-electron chi connectivity index (χ1n) is 9.58. The fourth-order valence-electron chi connectivity index (χ4n) is 3.93. The number of rotatable bonds is 4. The van der Waals surface area contributed by atoms with Gasteiger partial charge in [-0.05, 0) is 43.4 Å². The summed E-state index contributed by atoms with van der Waals surface area (Å²) < 4.78 is 0.928. The van der Waals surface area contributed by atoms with Crippen molar-refractivity contribution in [2.24, 2.45) is 0 Å². The Bertz CT molecular complexity index is 1170. The maximum absolute atomic E-state index is 12.9. The maximum atomic E-state index is 12.9. The number of hydrogen-bond donors (Lipinski definition) is 1. The van der Waals surface area contributed by atoms with Crippen LogP contribution in [0.3, 0.4) is 0 Å². The van der Waals surface area contributed by atoms with E-state index in [1.807, 2.05) is 18.2 Å². The van der Waals surface area contributed by atoms with E-state index in [1.54, 1.807) is 12.1 Å². The van der Waals surface area contributed by atoms with Crippen molar-refractivity contribution in [3.8, 4) is 0 Å². The fourth-order valence-corrected chi connectivity index (χ4v) is 3.93.